The van der Waals surface area contributed by atoms with Gasteiger partial charge in [0.1, 0.15) is 29.5 Å². The lowest BCUT2D eigenvalue weighted by atomic mass is 9.72. The number of nitrogens with one attached hydrogen (secondary N) is 2. The Kier molecular flexibility index (Phi) is 7.96. The van der Waals surface area contributed by atoms with Crippen LogP contribution in [0, 0.1) is 0 Å². The van der Waals surface area contributed by atoms with E-state index in [-0.39, 0.29) is 34.4 Å². The molecule has 2 saturated heterocycles. The first-order valence-electron chi connectivity index (χ1n) is 14.3. The van der Waals surface area contributed by atoms with Gasteiger partial charge in [-0.2, -0.15) is 0 Å². The molecule has 0 bridgehead atoms. The molecule has 5 unspecified atom stereocenters. The fraction of sp³-hybridized carbons (Fsp3) is 0.500. The van der Waals surface area contributed by atoms with Crippen LogP contribution in [-0.2, 0) is 25.4 Å². The normalized spacial score (nSPS) is 31.3. The Morgan fingerprint density at radius 3 is 2.59 bits per heavy atom. The molecule has 0 aromatic heterocycles. The lowest BCUT2D eigenvalue weighted by Gasteiger charge is -2.43. The maximum Gasteiger partial charge on any atom is 0.202 e. The van der Waals surface area contributed by atoms with Gasteiger partial charge in [-0.1, -0.05) is 12.1 Å². The first kappa shape index (κ1) is 30.6. The smallest absolute Gasteiger partial charge is 0.202 e. The number of ether oxygens (including phenoxy) is 4. The molecular formula is C30H34N2O12. The van der Waals surface area contributed by atoms with E-state index in [1.54, 1.807) is 6.92 Å². The fourth-order valence-electron chi connectivity index (χ4n) is 6.61. The maximum atomic E-state index is 13.8. The maximum absolute atomic E-state index is 13.8. The molecule has 236 valence electrons. The van der Waals surface area contributed by atoms with Crippen molar-refractivity contribution in [3.05, 3.63) is 51.6 Å². The Morgan fingerprint density at radius 2 is 1.91 bits per heavy atom. The highest BCUT2D eigenvalue weighted by Crippen LogP contribution is 2.52. The number of fused-ring (bicyclic) bond motifs is 3. The molecule has 6 rings (SSSR count). The van der Waals surface area contributed by atoms with E-state index in [0.29, 0.717) is 13.2 Å². The minimum Gasteiger partial charge on any atom is -0.507 e. The van der Waals surface area contributed by atoms with E-state index in [1.165, 1.54) is 25.3 Å². The van der Waals surface area contributed by atoms with Gasteiger partial charge in [-0.3, -0.25) is 25.0 Å². The summed E-state index contributed by atoms with van der Waals surface area (Å²) in [5.41, 5.74) is -3.63. The number of carbonyl (C=O) groups is 3. The molecule has 0 saturated carbocycles. The van der Waals surface area contributed by atoms with E-state index in [0.717, 1.165) is 0 Å². The Labute approximate surface area is 251 Å². The van der Waals surface area contributed by atoms with Crippen molar-refractivity contribution in [3.8, 4) is 17.2 Å². The van der Waals surface area contributed by atoms with Gasteiger partial charge in [0.25, 0.3) is 0 Å². The highest BCUT2D eigenvalue weighted by molar-refractivity contribution is 6.31. The topological polar surface area (TPSA) is 213 Å². The number of aromatic hydroxyl groups is 2. The molecule has 0 amide bonds. The average Bonchev–Trinajstić information content (AvgIpc) is 3.52. The molecule has 44 heavy (non-hydrogen) atoms. The summed E-state index contributed by atoms with van der Waals surface area (Å²) in [5, 5.41) is 61.2. The van der Waals surface area contributed by atoms with Gasteiger partial charge in [-0.05, 0) is 13.0 Å². The second-order valence-electron chi connectivity index (χ2n) is 11.5. The van der Waals surface area contributed by atoms with Crippen molar-refractivity contribution in [2.24, 2.45) is 0 Å². The molecule has 2 aliphatic heterocycles. The van der Waals surface area contributed by atoms with Crippen LogP contribution in [0.2, 0.25) is 0 Å². The summed E-state index contributed by atoms with van der Waals surface area (Å²) in [5.74, 6) is -3.76. The lowest BCUT2D eigenvalue weighted by Crippen LogP contribution is -2.58. The van der Waals surface area contributed by atoms with Crippen molar-refractivity contribution in [2.45, 2.75) is 68.8 Å². The average molecular weight is 615 g/mol. The second kappa shape index (κ2) is 11.5. The molecule has 2 aromatic carbocycles. The van der Waals surface area contributed by atoms with Crippen LogP contribution in [0.25, 0.3) is 0 Å². The Morgan fingerprint density at radius 1 is 1.16 bits per heavy atom. The summed E-state index contributed by atoms with van der Waals surface area (Å²) in [7, 11) is 1.33. The third-order valence-electron chi connectivity index (χ3n) is 8.84. The van der Waals surface area contributed by atoms with E-state index in [2.05, 4.69) is 10.6 Å². The number of hydrogen-bond acceptors (Lipinski definition) is 14. The van der Waals surface area contributed by atoms with Crippen molar-refractivity contribution in [1.82, 2.24) is 10.6 Å². The summed E-state index contributed by atoms with van der Waals surface area (Å²) in [6.07, 6.45) is -5.59. The molecule has 0 spiro atoms. The first-order chi connectivity index (χ1) is 21.0. The number of rotatable bonds is 7. The number of phenolic OH excluding ortho intramolecular Hbond substituents is 2. The number of aliphatic hydroxyl groups excluding tert-OH is 2. The summed E-state index contributed by atoms with van der Waals surface area (Å²) in [6, 6.07) is 3.81. The number of phenols is 2. The summed E-state index contributed by atoms with van der Waals surface area (Å²) in [6.45, 7) is 1.71. The van der Waals surface area contributed by atoms with Gasteiger partial charge in [0.2, 0.25) is 5.78 Å². The third kappa shape index (κ3) is 4.87. The molecule has 7 N–H and O–H groups in total. The Balaban J connectivity index is 1.43. The molecule has 7 atom stereocenters. The second-order valence-corrected chi connectivity index (χ2v) is 11.5. The van der Waals surface area contributed by atoms with E-state index >= 15 is 0 Å². The molecular weight excluding hydrogens is 580 g/mol. The number of ketones is 3. The number of methoxy groups -OCH3 is 1. The highest BCUT2D eigenvalue weighted by Gasteiger charge is 2.50. The predicted octanol–water partition coefficient (Wildman–Crippen LogP) is -0.464. The van der Waals surface area contributed by atoms with E-state index in [9.17, 15) is 39.9 Å². The summed E-state index contributed by atoms with van der Waals surface area (Å²) < 4.78 is 23.0. The van der Waals surface area contributed by atoms with Gasteiger partial charge in [-0.25, -0.2) is 0 Å². The lowest BCUT2D eigenvalue weighted by molar-refractivity contribution is -0.251. The van der Waals surface area contributed by atoms with E-state index < -0.39 is 102 Å². The Hall–Kier alpha value is -3.47. The van der Waals surface area contributed by atoms with Gasteiger partial charge >= 0.3 is 0 Å². The van der Waals surface area contributed by atoms with Crippen LogP contribution in [-0.4, -0.2) is 106 Å². The standard InChI is InChI=1S/C30H34N2O12/c1-12-24(35)15(32-29-31-6-7-42-29)8-19(43-12)44-17-10-30(40,18(34)11-33)9-14-21(17)28(39)23-22(26(14)37)25(36)13-4-3-5-16(41-2)20(13)27(23)38/h3-5,12,15,17,19,24,29,31-33,35,37,39-40H,6-11H2,1-2H3/t12?,15?,17-,19?,24?,29?,30-/m0/s1. The van der Waals surface area contributed by atoms with Crippen molar-refractivity contribution in [2.75, 3.05) is 26.9 Å². The van der Waals surface area contributed by atoms with Crippen LogP contribution >= 0.6 is 0 Å². The van der Waals surface area contributed by atoms with Crippen LogP contribution in [0.15, 0.2) is 18.2 Å². The number of benzene rings is 2. The van der Waals surface area contributed by atoms with Crippen LogP contribution in [0.3, 0.4) is 0 Å². The van der Waals surface area contributed by atoms with E-state index in [1.807, 2.05) is 0 Å². The van der Waals surface area contributed by atoms with Gasteiger partial charge in [0, 0.05) is 48.5 Å². The van der Waals surface area contributed by atoms with Gasteiger partial charge in [-0.15, -0.1) is 0 Å². The SMILES string of the molecule is COc1cccc2c1C(=O)c1c(O)c3c(c(O)c1C2=O)C[C@@](O)(C(=O)CO)C[C@@H]3OC1CC(NC2NCCO2)C(O)C(C)O1. The molecule has 14 nitrogen and oxygen atoms in total. The number of aliphatic hydroxyl groups is 3. The van der Waals surface area contributed by atoms with Crippen LogP contribution in [0.5, 0.6) is 17.2 Å². The zero-order valence-corrected chi connectivity index (χ0v) is 24.0. The summed E-state index contributed by atoms with van der Waals surface area (Å²) in [4.78, 5) is 40.2. The first-order valence-corrected chi connectivity index (χ1v) is 14.3. The number of Topliss-reactive ketones (excluding diaryl/α,β-unsaturated/α-hetero) is 1. The molecule has 0 radical (unpaired) electrons. The monoisotopic (exact) mass is 614 g/mol. The fourth-order valence-corrected chi connectivity index (χ4v) is 6.61. The van der Waals surface area contributed by atoms with Gasteiger partial charge < -0.3 is 44.5 Å². The van der Waals surface area contributed by atoms with E-state index in [4.69, 9.17) is 18.9 Å². The molecule has 2 aromatic rings. The zero-order valence-electron chi connectivity index (χ0n) is 24.0. The minimum absolute atomic E-state index is 0.0516. The van der Waals surface area contributed by atoms with Crippen LogP contribution in [0.1, 0.15) is 68.8 Å². The van der Waals surface area contributed by atoms with Gasteiger partial charge in [0.15, 0.2) is 24.2 Å². The molecule has 2 heterocycles. The zero-order chi connectivity index (χ0) is 31.5. The van der Waals surface area contributed by atoms with Crippen LogP contribution in [0.4, 0.5) is 0 Å². The quantitative estimate of drug-likeness (QED) is 0.168. The minimum atomic E-state index is -2.26. The third-order valence-corrected chi connectivity index (χ3v) is 8.84. The Bertz CT molecular complexity index is 1520. The predicted molar refractivity (Wildman–Crippen MR) is 148 cm³/mol. The van der Waals surface area contributed by atoms with Crippen molar-refractivity contribution < 1.29 is 58.9 Å². The molecule has 4 aliphatic rings. The molecule has 14 heteroatoms. The molecule has 2 fully saturated rings. The van der Waals surface area contributed by atoms with Crippen LogP contribution < -0.4 is 15.4 Å². The largest absolute Gasteiger partial charge is 0.507 e. The van der Waals surface area contributed by atoms with Crippen molar-refractivity contribution in [1.29, 1.82) is 0 Å². The summed E-state index contributed by atoms with van der Waals surface area (Å²) >= 11 is 0. The number of hydrogen-bond donors (Lipinski definition) is 7. The van der Waals surface area contributed by atoms with Gasteiger partial charge in [0.05, 0.1) is 48.7 Å². The van der Waals surface area contributed by atoms with Crippen molar-refractivity contribution >= 4 is 17.3 Å². The number of carbonyl (C=O) groups excluding carboxylic acids is 3. The molecule has 2 aliphatic carbocycles. The van der Waals surface area contributed by atoms with Crippen molar-refractivity contribution in [3.63, 3.8) is 0 Å². The highest BCUT2D eigenvalue weighted by atomic mass is 16.7.